The number of benzene rings is 2. The summed E-state index contributed by atoms with van der Waals surface area (Å²) in [6, 6.07) is 9.27. The molecule has 1 fully saturated rings. The minimum absolute atomic E-state index is 0.0138. The molecule has 1 heterocycles. The van der Waals surface area contributed by atoms with E-state index in [0.29, 0.717) is 21.5 Å². The molecular weight excluding hydrogens is 532 g/mol. The molecule has 0 unspecified atom stereocenters. The van der Waals surface area contributed by atoms with Crippen molar-refractivity contribution >= 4 is 56.6 Å². The number of carbonyl (C=O) groups excluding carboxylic acids is 3. The van der Waals surface area contributed by atoms with Gasteiger partial charge in [-0.3, -0.25) is 29.4 Å². The highest BCUT2D eigenvalue weighted by atomic mass is 79.9. The van der Waals surface area contributed by atoms with E-state index < -0.39 is 28.6 Å². The molecule has 0 N–H and O–H groups in total. The molecule has 10 nitrogen and oxygen atoms in total. The van der Waals surface area contributed by atoms with Crippen molar-refractivity contribution in [1.82, 2.24) is 4.90 Å². The Bertz CT molecular complexity index is 1170. The number of hydrogen-bond acceptors (Lipinski definition) is 9. The molecule has 0 atom stereocenters. The maximum Gasteiger partial charge on any atom is 0.326 e. The van der Waals surface area contributed by atoms with Crippen molar-refractivity contribution in [3.05, 3.63) is 67.0 Å². The average molecular weight is 551 g/mol. The third-order valence-electron chi connectivity index (χ3n) is 4.58. The Hall–Kier alpha value is -3.38. The number of non-ortho nitro benzene ring substituents is 1. The third kappa shape index (κ3) is 5.94. The summed E-state index contributed by atoms with van der Waals surface area (Å²) in [7, 11) is 1.46. The van der Waals surface area contributed by atoms with E-state index in [0.717, 1.165) is 22.2 Å². The second kappa shape index (κ2) is 11.2. The zero-order chi connectivity index (χ0) is 24.8. The predicted octanol–water partition coefficient (Wildman–Crippen LogP) is 4.54. The van der Waals surface area contributed by atoms with E-state index >= 15 is 0 Å². The lowest BCUT2D eigenvalue weighted by Crippen LogP contribution is -2.34. The van der Waals surface area contributed by atoms with Gasteiger partial charge in [-0.05, 0) is 60.2 Å². The first-order valence-electron chi connectivity index (χ1n) is 9.88. The first-order chi connectivity index (χ1) is 16.2. The molecular formula is C22H19BrN2O8S. The van der Waals surface area contributed by atoms with Crippen LogP contribution < -0.4 is 9.47 Å². The number of rotatable bonds is 9. The van der Waals surface area contributed by atoms with Gasteiger partial charge in [-0.2, -0.15) is 0 Å². The smallest absolute Gasteiger partial charge is 0.326 e. The van der Waals surface area contributed by atoms with E-state index in [1.165, 1.54) is 25.3 Å². The fourth-order valence-electron chi connectivity index (χ4n) is 2.92. The van der Waals surface area contributed by atoms with Crippen LogP contribution in [0.1, 0.15) is 18.1 Å². The zero-order valence-corrected chi connectivity index (χ0v) is 20.5. The van der Waals surface area contributed by atoms with Crippen molar-refractivity contribution in [3.63, 3.8) is 0 Å². The van der Waals surface area contributed by atoms with E-state index in [2.05, 4.69) is 15.9 Å². The Labute approximate surface area is 207 Å². The largest absolute Gasteiger partial charge is 0.493 e. The lowest BCUT2D eigenvalue weighted by Gasteiger charge is -2.13. The second-order valence-electron chi connectivity index (χ2n) is 6.81. The number of carbonyl (C=O) groups is 3. The van der Waals surface area contributed by atoms with Crippen LogP contribution in [0, 0.1) is 10.1 Å². The lowest BCUT2D eigenvalue weighted by atomic mass is 10.1. The first-order valence-corrected chi connectivity index (χ1v) is 11.5. The minimum Gasteiger partial charge on any atom is -0.493 e. The van der Waals surface area contributed by atoms with Crippen LogP contribution in [0.2, 0.25) is 0 Å². The molecule has 3 rings (SSSR count). The van der Waals surface area contributed by atoms with Crippen LogP contribution >= 0.6 is 27.7 Å². The highest BCUT2D eigenvalue weighted by Gasteiger charge is 2.36. The molecule has 1 aliphatic heterocycles. The van der Waals surface area contributed by atoms with Gasteiger partial charge in [-0.25, -0.2) is 0 Å². The summed E-state index contributed by atoms with van der Waals surface area (Å²) in [5, 5.41) is 10.2. The topological polar surface area (TPSA) is 125 Å². The van der Waals surface area contributed by atoms with E-state index in [4.69, 9.17) is 14.2 Å². The SMILES string of the molecule is CCOC(=O)CN1C(=O)S/C(=C/c2cc(OC)c(OCc3ccc([N+](=O)[O-])cc3)cc2Br)C1=O. The van der Waals surface area contributed by atoms with Gasteiger partial charge < -0.3 is 14.2 Å². The molecule has 1 aliphatic rings. The monoisotopic (exact) mass is 550 g/mol. The Balaban J connectivity index is 1.77. The van der Waals surface area contributed by atoms with Crippen molar-refractivity contribution in [2.24, 2.45) is 0 Å². The van der Waals surface area contributed by atoms with Crippen LogP contribution in [-0.2, 0) is 20.9 Å². The maximum atomic E-state index is 12.6. The van der Waals surface area contributed by atoms with Crippen LogP contribution in [0.3, 0.4) is 0 Å². The molecule has 1 saturated heterocycles. The van der Waals surface area contributed by atoms with E-state index in [1.807, 2.05) is 0 Å². The maximum absolute atomic E-state index is 12.6. The molecule has 12 heteroatoms. The normalized spacial score (nSPS) is 14.4. The minimum atomic E-state index is -0.663. The zero-order valence-electron chi connectivity index (χ0n) is 18.1. The van der Waals surface area contributed by atoms with Gasteiger partial charge in [0.2, 0.25) is 0 Å². The number of halogens is 1. The molecule has 2 aromatic carbocycles. The molecule has 34 heavy (non-hydrogen) atoms. The molecule has 0 aromatic heterocycles. The van der Waals surface area contributed by atoms with Crippen molar-refractivity contribution in [1.29, 1.82) is 0 Å². The summed E-state index contributed by atoms with van der Waals surface area (Å²) >= 11 is 4.16. The van der Waals surface area contributed by atoms with Crippen LogP contribution in [0.4, 0.5) is 10.5 Å². The summed E-state index contributed by atoms with van der Waals surface area (Å²) < 4.78 is 16.6. The summed E-state index contributed by atoms with van der Waals surface area (Å²) in [4.78, 5) is 47.8. The fourth-order valence-corrected chi connectivity index (χ4v) is 4.19. The number of ether oxygens (including phenoxy) is 3. The van der Waals surface area contributed by atoms with E-state index in [9.17, 15) is 24.5 Å². The molecule has 0 spiro atoms. The van der Waals surface area contributed by atoms with Crippen molar-refractivity contribution in [2.75, 3.05) is 20.3 Å². The Kier molecular flexibility index (Phi) is 8.29. The molecule has 178 valence electrons. The summed E-state index contributed by atoms with van der Waals surface area (Å²) in [5.41, 5.74) is 1.27. The predicted molar refractivity (Wildman–Crippen MR) is 127 cm³/mol. The number of nitro groups is 1. The van der Waals surface area contributed by atoms with Gasteiger partial charge >= 0.3 is 5.97 Å². The van der Waals surface area contributed by atoms with Crippen molar-refractivity contribution in [2.45, 2.75) is 13.5 Å². The average Bonchev–Trinajstić information content (AvgIpc) is 3.06. The highest BCUT2D eigenvalue weighted by molar-refractivity contribution is 9.10. The third-order valence-corrected chi connectivity index (χ3v) is 6.17. The number of thioether (sulfide) groups is 1. The van der Waals surface area contributed by atoms with E-state index in [-0.39, 0.29) is 23.8 Å². The standard InChI is InChI=1S/C22H19BrN2O8S/c1-3-32-20(26)11-24-21(27)19(34-22(24)28)9-14-8-17(31-2)18(10-16(14)23)33-12-13-4-6-15(7-5-13)25(29)30/h4-10H,3,11-12H2,1-2H3/b19-9+. The van der Waals surface area contributed by atoms with Gasteiger partial charge in [0.05, 0.1) is 23.5 Å². The number of methoxy groups -OCH3 is 1. The van der Waals surface area contributed by atoms with Crippen molar-refractivity contribution < 1.29 is 33.5 Å². The van der Waals surface area contributed by atoms with Crippen LogP contribution in [-0.4, -0.2) is 47.2 Å². The lowest BCUT2D eigenvalue weighted by molar-refractivity contribution is -0.384. The number of hydrogen-bond donors (Lipinski definition) is 0. The van der Waals surface area contributed by atoms with E-state index in [1.54, 1.807) is 31.2 Å². The molecule has 0 radical (unpaired) electrons. The molecule has 0 bridgehead atoms. The van der Waals surface area contributed by atoms with Gasteiger partial charge in [0.15, 0.2) is 11.5 Å². The van der Waals surface area contributed by atoms with Gasteiger partial charge in [0.1, 0.15) is 13.2 Å². The van der Waals surface area contributed by atoms with Crippen LogP contribution in [0.15, 0.2) is 45.8 Å². The molecule has 0 aliphatic carbocycles. The quantitative estimate of drug-likeness (QED) is 0.191. The van der Waals surface area contributed by atoms with Crippen molar-refractivity contribution in [3.8, 4) is 11.5 Å². The van der Waals surface area contributed by atoms with Gasteiger partial charge in [-0.1, -0.05) is 15.9 Å². The first kappa shape index (κ1) is 25.2. The van der Waals surface area contributed by atoms with Gasteiger partial charge in [0.25, 0.3) is 16.8 Å². The highest BCUT2D eigenvalue weighted by Crippen LogP contribution is 2.38. The Morgan fingerprint density at radius 1 is 1.21 bits per heavy atom. The van der Waals surface area contributed by atoms with Gasteiger partial charge in [0, 0.05) is 16.6 Å². The number of amides is 2. The number of nitrogens with zero attached hydrogens (tertiary/aromatic N) is 2. The number of imide groups is 1. The Morgan fingerprint density at radius 3 is 2.53 bits per heavy atom. The number of nitro benzene ring substituents is 1. The Morgan fingerprint density at radius 2 is 1.91 bits per heavy atom. The molecule has 2 aromatic rings. The molecule has 0 saturated carbocycles. The number of esters is 1. The summed E-state index contributed by atoms with van der Waals surface area (Å²) in [6.45, 7) is 1.48. The van der Waals surface area contributed by atoms with Crippen LogP contribution in [0.5, 0.6) is 11.5 Å². The molecule has 2 amide bonds. The van der Waals surface area contributed by atoms with Crippen LogP contribution in [0.25, 0.3) is 6.08 Å². The second-order valence-corrected chi connectivity index (χ2v) is 8.66. The fraction of sp³-hybridized carbons (Fsp3) is 0.227. The van der Waals surface area contributed by atoms with Gasteiger partial charge in [-0.15, -0.1) is 0 Å². The summed E-state index contributed by atoms with van der Waals surface area (Å²) in [5.74, 6) is -0.474. The summed E-state index contributed by atoms with van der Waals surface area (Å²) in [6.07, 6.45) is 1.52.